The standard InChI is InChI=1S/C12H18BrN3OS/c1-16-5-4-14-7-11(16)12(17)15-3-2-10-6-9(13)8-18-10/h6,8,11,14H,2-5,7H2,1H3,(H,15,17). The van der Waals surface area contributed by atoms with Crippen LogP contribution in [0, 0.1) is 0 Å². The summed E-state index contributed by atoms with van der Waals surface area (Å²) in [5.41, 5.74) is 0. The molecule has 0 aromatic carbocycles. The minimum absolute atomic E-state index is 0.0335. The first-order chi connectivity index (χ1) is 8.66. The third-order valence-corrected chi connectivity index (χ3v) is 4.86. The molecule has 1 atom stereocenters. The third kappa shape index (κ3) is 3.78. The van der Waals surface area contributed by atoms with Crippen LogP contribution in [0.5, 0.6) is 0 Å². The number of halogens is 1. The summed E-state index contributed by atoms with van der Waals surface area (Å²) in [6.07, 6.45) is 0.895. The van der Waals surface area contributed by atoms with E-state index >= 15 is 0 Å². The Kier molecular flexibility index (Phi) is 5.17. The van der Waals surface area contributed by atoms with Gasteiger partial charge < -0.3 is 10.6 Å². The van der Waals surface area contributed by atoms with Gasteiger partial charge in [0, 0.05) is 40.9 Å². The first-order valence-corrected chi connectivity index (χ1v) is 7.75. The number of piperazine rings is 1. The topological polar surface area (TPSA) is 44.4 Å². The van der Waals surface area contributed by atoms with E-state index in [0.29, 0.717) is 6.54 Å². The summed E-state index contributed by atoms with van der Waals surface area (Å²) < 4.78 is 1.12. The Bertz CT molecular complexity index is 410. The van der Waals surface area contributed by atoms with Gasteiger partial charge in [-0.3, -0.25) is 9.69 Å². The molecule has 1 aliphatic heterocycles. The molecule has 0 aliphatic carbocycles. The van der Waals surface area contributed by atoms with Crippen molar-refractivity contribution < 1.29 is 4.79 Å². The molecule has 6 heteroatoms. The van der Waals surface area contributed by atoms with Gasteiger partial charge in [-0.1, -0.05) is 0 Å². The van der Waals surface area contributed by atoms with Crippen LogP contribution < -0.4 is 10.6 Å². The maximum atomic E-state index is 12.0. The number of thiophene rings is 1. The minimum Gasteiger partial charge on any atom is -0.354 e. The zero-order valence-corrected chi connectivity index (χ0v) is 12.8. The first-order valence-electron chi connectivity index (χ1n) is 6.08. The van der Waals surface area contributed by atoms with Crippen molar-refractivity contribution in [2.75, 3.05) is 33.2 Å². The number of carbonyl (C=O) groups excluding carboxylic acids is 1. The summed E-state index contributed by atoms with van der Waals surface area (Å²) in [5.74, 6) is 0.125. The Balaban J connectivity index is 1.74. The van der Waals surface area contributed by atoms with E-state index in [0.717, 1.165) is 30.5 Å². The fraction of sp³-hybridized carbons (Fsp3) is 0.583. The molecule has 1 fully saturated rings. The molecule has 1 aromatic rings. The van der Waals surface area contributed by atoms with E-state index in [1.54, 1.807) is 11.3 Å². The lowest BCUT2D eigenvalue weighted by Crippen LogP contribution is -2.56. The molecular weight excluding hydrogens is 314 g/mol. The Morgan fingerprint density at radius 1 is 1.72 bits per heavy atom. The van der Waals surface area contributed by atoms with Gasteiger partial charge in [0.15, 0.2) is 0 Å². The average Bonchev–Trinajstić information content (AvgIpc) is 2.75. The van der Waals surface area contributed by atoms with E-state index in [4.69, 9.17) is 0 Å². The molecule has 1 unspecified atom stereocenters. The summed E-state index contributed by atoms with van der Waals surface area (Å²) in [4.78, 5) is 15.4. The van der Waals surface area contributed by atoms with E-state index in [-0.39, 0.29) is 11.9 Å². The molecule has 1 aromatic heterocycles. The minimum atomic E-state index is -0.0335. The van der Waals surface area contributed by atoms with Gasteiger partial charge in [0.1, 0.15) is 6.04 Å². The van der Waals surface area contributed by atoms with Crippen molar-refractivity contribution in [3.63, 3.8) is 0 Å². The molecule has 1 aliphatic rings. The van der Waals surface area contributed by atoms with Gasteiger partial charge in [-0.25, -0.2) is 0 Å². The fourth-order valence-corrected chi connectivity index (χ4v) is 3.47. The number of rotatable bonds is 4. The van der Waals surface area contributed by atoms with E-state index in [1.807, 2.05) is 7.05 Å². The molecular formula is C12H18BrN3OS. The second-order valence-corrected chi connectivity index (χ2v) is 6.38. The molecule has 18 heavy (non-hydrogen) atoms. The van der Waals surface area contributed by atoms with Gasteiger partial charge in [0.2, 0.25) is 5.91 Å². The third-order valence-electron chi connectivity index (χ3n) is 3.11. The van der Waals surface area contributed by atoms with Gasteiger partial charge in [-0.05, 0) is 35.5 Å². The SMILES string of the molecule is CN1CCNCC1C(=O)NCCc1cc(Br)cs1. The monoisotopic (exact) mass is 331 g/mol. The summed E-state index contributed by atoms with van der Waals surface area (Å²) in [7, 11) is 2.00. The smallest absolute Gasteiger partial charge is 0.238 e. The van der Waals surface area contributed by atoms with Gasteiger partial charge in [0.25, 0.3) is 0 Å². The highest BCUT2D eigenvalue weighted by atomic mass is 79.9. The maximum Gasteiger partial charge on any atom is 0.238 e. The Morgan fingerprint density at radius 2 is 2.56 bits per heavy atom. The number of likely N-dealkylation sites (N-methyl/N-ethyl adjacent to an activating group) is 1. The van der Waals surface area contributed by atoms with E-state index in [2.05, 4.69) is 42.9 Å². The molecule has 2 heterocycles. The van der Waals surface area contributed by atoms with E-state index in [1.165, 1.54) is 4.88 Å². The molecule has 0 radical (unpaired) electrons. The number of nitrogens with zero attached hydrogens (tertiary/aromatic N) is 1. The zero-order valence-electron chi connectivity index (χ0n) is 10.4. The maximum absolute atomic E-state index is 12.0. The molecule has 0 saturated carbocycles. The van der Waals surface area contributed by atoms with Crippen LogP contribution in [0.1, 0.15) is 4.88 Å². The van der Waals surface area contributed by atoms with Crippen LogP contribution in [0.3, 0.4) is 0 Å². The lowest BCUT2D eigenvalue weighted by molar-refractivity contribution is -0.126. The highest BCUT2D eigenvalue weighted by Crippen LogP contribution is 2.19. The largest absolute Gasteiger partial charge is 0.354 e. The summed E-state index contributed by atoms with van der Waals surface area (Å²) in [6.45, 7) is 3.34. The molecule has 4 nitrogen and oxygen atoms in total. The second-order valence-electron chi connectivity index (χ2n) is 4.47. The van der Waals surface area contributed by atoms with Crippen LogP contribution in [0.15, 0.2) is 15.9 Å². The lowest BCUT2D eigenvalue weighted by atomic mass is 10.2. The molecule has 1 amide bonds. The van der Waals surface area contributed by atoms with Crippen LogP contribution in [0.25, 0.3) is 0 Å². The van der Waals surface area contributed by atoms with Gasteiger partial charge in [0.05, 0.1) is 0 Å². The molecule has 1 saturated heterocycles. The van der Waals surface area contributed by atoms with Crippen LogP contribution in [0.4, 0.5) is 0 Å². The fourth-order valence-electron chi connectivity index (χ4n) is 2.01. The quantitative estimate of drug-likeness (QED) is 0.867. The zero-order chi connectivity index (χ0) is 13.0. The van der Waals surface area contributed by atoms with Crippen molar-refractivity contribution >= 4 is 33.2 Å². The predicted octanol–water partition coefficient (Wildman–Crippen LogP) is 1.07. The van der Waals surface area contributed by atoms with Crippen molar-refractivity contribution in [3.8, 4) is 0 Å². The van der Waals surface area contributed by atoms with E-state index in [9.17, 15) is 4.79 Å². The number of hydrogen-bond donors (Lipinski definition) is 2. The first kappa shape index (κ1) is 14.0. The van der Waals surface area contributed by atoms with E-state index < -0.39 is 0 Å². The molecule has 2 N–H and O–H groups in total. The number of hydrogen-bond acceptors (Lipinski definition) is 4. The molecule has 2 rings (SSSR count). The molecule has 0 bridgehead atoms. The van der Waals surface area contributed by atoms with Gasteiger partial charge in [-0.2, -0.15) is 0 Å². The van der Waals surface area contributed by atoms with Gasteiger partial charge in [-0.15, -0.1) is 11.3 Å². The normalized spacial score (nSPS) is 20.9. The number of carbonyl (C=O) groups is 1. The molecule has 0 spiro atoms. The van der Waals surface area contributed by atoms with Crippen molar-refractivity contribution in [3.05, 3.63) is 20.8 Å². The van der Waals surface area contributed by atoms with Gasteiger partial charge >= 0.3 is 0 Å². The lowest BCUT2D eigenvalue weighted by Gasteiger charge is -2.31. The Labute approximate surface area is 120 Å². The molecule has 100 valence electrons. The van der Waals surface area contributed by atoms with Crippen LogP contribution in [-0.2, 0) is 11.2 Å². The second kappa shape index (κ2) is 6.65. The Morgan fingerprint density at radius 3 is 3.22 bits per heavy atom. The van der Waals surface area contributed by atoms with Crippen LogP contribution in [-0.4, -0.2) is 50.1 Å². The predicted molar refractivity (Wildman–Crippen MR) is 78.0 cm³/mol. The summed E-state index contributed by atoms with van der Waals surface area (Å²) >= 11 is 5.15. The van der Waals surface area contributed by atoms with Crippen molar-refractivity contribution in [2.24, 2.45) is 0 Å². The average molecular weight is 332 g/mol. The summed E-state index contributed by atoms with van der Waals surface area (Å²) in [5, 5.41) is 8.33. The van der Waals surface area contributed by atoms with Crippen LogP contribution in [0.2, 0.25) is 0 Å². The number of amides is 1. The summed E-state index contributed by atoms with van der Waals surface area (Å²) in [6, 6.07) is 2.07. The highest BCUT2D eigenvalue weighted by molar-refractivity contribution is 9.10. The van der Waals surface area contributed by atoms with Crippen LogP contribution >= 0.6 is 27.3 Å². The highest BCUT2D eigenvalue weighted by Gasteiger charge is 2.25. The number of nitrogens with one attached hydrogen (secondary N) is 2. The van der Waals surface area contributed by atoms with Crippen molar-refractivity contribution in [1.29, 1.82) is 0 Å². The van der Waals surface area contributed by atoms with Crippen molar-refractivity contribution in [1.82, 2.24) is 15.5 Å². The Hall–Kier alpha value is -0.430. The van der Waals surface area contributed by atoms with Crippen molar-refractivity contribution in [2.45, 2.75) is 12.5 Å².